The van der Waals surface area contributed by atoms with Gasteiger partial charge in [0.25, 0.3) is 0 Å². The van der Waals surface area contributed by atoms with Gasteiger partial charge in [0.15, 0.2) is 0 Å². The Hall–Kier alpha value is -3.13. The van der Waals surface area contributed by atoms with E-state index in [2.05, 4.69) is 5.10 Å². The Morgan fingerprint density at radius 1 is 1.35 bits per heavy atom. The molecule has 4 N–H and O–H groups in total. The van der Waals surface area contributed by atoms with Crippen LogP contribution in [0.2, 0.25) is 0 Å². The largest absolute Gasteiger partial charge is 0.444 e. The molecule has 0 spiro atoms. The maximum Gasteiger partial charge on any atom is 0.414 e. The van der Waals surface area contributed by atoms with Crippen LogP contribution in [-0.4, -0.2) is 30.1 Å². The lowest BCUT2D eigenvalue weighted by atomic mass is 10.0. The Labute approximate surface area is 150 Å². The van der Waals surface area contributed by atoms with Gasteiger partial charge < -0.3 is 10.6 Å². The molecule has 3 rings (SSSR count). The predicted molar refractivity (Wildman–Crippen MR) is 97.5 cm³/mol. The second kappa shape index (κ2) is 7.40. The number of rotatable bonds is 5. The van der Waals surface area contributed by atoms with Gasteiger partial charge in [-0.3, -0.25) is 9.91 Å². The first-order chi connectivity index (χ1) is 12.5. The summed E-state index contributed by atoms with van der Waals surface area (Å²) >= 11 is 0. The Morgan fingerprint density at radius 3 is 2.65 bits per heavy atom. The molecule has 1 amide bonds. The van der Waals surface area contributed by atoms with E-state index in [-0.39, 0.29) is 6.10 Å². The minimum Gasteiger partial charge on any atom is -0.444 e. The number of nitrogens with two attached hydrogens (primary N) is 2. The third kappa shape index (κ3) is 3.75. The summed E-state index contributed by atoms with van der Waals surface area (Å²) in [4.78, 5) is 13.2. The van der Waals surface area contributed by atoms with Gasteiger partial charge in [-0.2, -0.15) is 5.10 Å². The number of anilines is 1. The summed E-state index contributed by atoms with van der Waals surface area (Å²) in [7, 11) is 0. The fraction of sp³-hybridized carbons (Fsp3) is 0.222. The number of ether oxygens (including phenoxy) is 1. The van der Waals surface area contributed by atoms with Crippen LogP contribution in [0.5, 0.6) is 0 Å². The molecule has 2 aromatic rings. The first-order valence-corrected chi connectivity index (χ1v) is 8.09. The topological polar surface area (TPSA) is 97.2 Å². The highest BCUT2D eigenvalue weighted by Crippen LogP contribution is 2.29. The van der Waals surface area contributed by atoms with E-state index < -0.39 is 11.9 Å². The monoisotopic (exact) mass is 357 g/mol. The Kier molecular flexibility index (Phi) is 5.04. The van der Waals surface area contributed by atoms with Crippen molar-refractivity contribution in [3.63, 3.8) is 0 Å². The van der Waals surface area contributed by atoms with Crippen LogP contribution in [-0.2, 0) is 11.3 Å². The molecule has 0 bridgehead atoms. The fourth-order valence-corrected chi connectivity index (χ4v) is 2.85. The maximum atomic E-state index is 14.6. The molecule has 2 aromatic carbocycles. The molecule has 1 saturated heterocycles. The van der Waals surface area contributed by atoms with Gasteiger partial charge in [-0.15, -0.1) is 0 Å². The molecule has 1 aliphatic rings. The smallest absolute Gasteiger partial charge is 0.414 e. The Morgan fingerprint density at radius 2 is 2.08 bits per heavy atom. The second-order valence-electron chi connectivity index (χ2n) is 6.10. The van der Waals surface area contributed by atoms with Crippen molar-refractivity contribution >= 4 is 18.1 Å². The molecule has 136 valence electrons. The number of halogens is 1. The zero-order valence-electron chi connectivity index (χ0n) is 14.3. The van der Waals surface area contributed by atoms with Gasteiger partial charge in [-0.25, -0.2) is 15.0 Å². The molecule has 0 aliphatic carbocycles. The number of carbonyl (C=O) groups is 1. The number of hydrazone groups is 1. The summed E-state index contributed by atoms with van der Waals surface area (Å²) in [6.07, 6.45) is 0.654. The van der Waals surface area contributed by atoms with Gasteiger partial charge in [-0.1, -0.05) is 24.3 Å². The number of amides is 1. The van der Waals surface area contributed by atoms with E-state index in [1.165, 1.54) is 22.3 Å². The minimum absolute atomic E-state index is 0.204. The van der Waals surface area contributed by atoms with Crippen molar-refractivity contribution in [3.8, 4) is 11.1 Å². The molecular formula is C18H20FN5O2. The first-order valence-electron chi connectivity index (χ1n) is 8.09. The number of hydrogen-bond donors (Lipinski definition) is 2. The number of benzene rings is 2. The summed E-state index contributed by atoms with van der Waals surface area (Å²) in [5, 5.41) is 4.70. The van der Waals surface area contributed by atoms with Crippen molar-refractivity contribution in [2.75, 3.05) is 11.4 Å². The van der Waals surface area contributed by atoms with Crippen molar-refractivity contribution in [2.24, 2.45) is 16.8 Å². The van der Waals surface area contributed by atoms with Crippen LogP contribution in [0.15, 0.2) is 47.6 Å². The van der Waals surface area contributed by atoms with Gasteiger partial charge in [0, 0.05) is 5.56 Å². The quantitative estimate of drug-likeness (QED) is 0.371. The summed E-state index contributed by atoms with van der Waals surface area (Å²) < 4.78 is 19.7. The number of hydrazine groups is 1. The Bertz CT molecular complexity index is 825. The highest BCUT2D eigenvalue weighted by Gasteiger charge is 2.29. The summed E-state index contributed by atoms with van der Waals surface area (Å²) in [6, 6.07) is 12.1. The summed E-state index contributed by atoms with van der Waals surface area (Å²) in [6.45, 7) is 2.64. The van der Waals surface area contributed by atoms with Crippen LogP contribution in [0.4, 0.5) is 14.9 Å². The van der Waals surface area contributed by atoms with Crippen molar-refractivity contribution in [2.45, 2.75) is 19.6 Å². The molecule has 0 saturated carbocycles. The molecule has 1 atom stereocenters. The van der Waals surface area contributed by atoms with Crippen LogP contribution in [0.25, 0.3) is 11.1 Å². The number of hydrogen-bond acceptors (Lipinski definition) is 5. The normalized spacial score (nSPS) is 17.0. The van der Waals surface area contributed by atoms with Gasteiger partial charge in [0.2, 0.25) is 0 Å². The molecular weight excluding hydrogens is 337 g/mol. The van der Waals surface area contributed by atoms with Crippen molar-refractivity contribution in [1.82, 2.24) is 5.01 Å². The summed E-state index contributed by atoms with van der Waals surface area (Å²) in [5.41, 5.74) is 2.60. The van der Waals surface area contributed by atoms with Crippen LogP contribution in [0.1, 0.15) is 12.5 Å². The zero-order valence-corrected chi connectivity index (χ0v) is 14.3. The molecule has 0 radical (unpaired) electrons. The van der Waals surface area contributed by atoms with Crippen LogP contribution < -0.4 is 16.6 Å². The van der Waals surface area contributed by atoms with Gasteiger partial charge >= 0.3 is 6.09 Å². The average molecular weight is 357 g/mol. The lowest BCUT2D eigenvalue weighted by Gasteiger charge is -2.15. The van der Waals surface area contributed by atoms with E-state index >= 15 is 0 Å². The molecule has 0 aromatic heterocycles. The maximum absolute atomic E-state index is 14.6. The number of carbonyl (C=O) groups excluding carboxylic acids is 1. The molecule has 1 unspecified atom stereocenters. The van der Waals surface area contributed by atoms with Gasteiger partial charge in [-0.05, 0) is 36.2 Å². The van der Waals surface area contributed by atoms with Crippen LogP contribution in [0, 0.1) is 5.82 Å². The third-order valence-electron chi connectivity index (χ3n) is 4.07. The van der Waals surface area contributed by atoms with Crippen molar-refractivity contribution in [3.05, 3.63) is 53.8 Å². The number of cyclic esters (lactones) is 1. The predicted octanol–water partition coefficient (Wildman–Crippen LogP) is 2.42. The highest BCUT2D eigenvalue weighted by atomic mass is 19.1. The number of nitrogens with zero attached hydrogens (tertiary/aromatic N) is 3. The van der Waals surface area contributed by atoms with Crippen LogP contribution in [0.3, 0.4) is 0 Å². The third-order valence-corrected chi connectivity index (χ3v) is 4.07. The lowest BCUT2D eigenvalue weighted by Crippen LogP contribution is -2.29. The standard InChI is InChI=1S/C18H20FN5O2/c1-12-9-24(18(25)26-12)15-6-7-16(17(19)8-15)14-4-2-13(3-5-14)10-23(21)11-22-20/h2-8,11-12H,9-10,20-21H2,1H3/b22-11-. The van der Waals surface area contributed by atoms with Crippen molar-refractivity contribution in [1.29, 1.82) is 0 Å². The van der Waals surface area contributed by atoms with Crippen molar-refractivity contribution < 1.29 is 13.9 Å². The van der Waals surface area contributed by atoms with E-state index in [1.54, 1.807) is 19.1 Å². The van der Waals surface area contributed by atoms with Gasteiger partial charge in [0.1, 0.15) is 18.3 Å². The van der Waals surface area contributed by atoms with E-state index in [1.807, 2.05) is 24.3 Å². The molecule has 1 aliphatic heterocycles. The van der Waals surface area contributed by atoms with E-state index in [4.69, 9.17) is 16.4 Å². The minimum atomic E-state index is -0.457. The molecule has 1 fully saturated rings. The first kappa shape index (κ1) is 17.7. The highest BCUT2D eigenvalue weighted by molar-refractivity contribution is 5.90. The molecule has 7 nitrogen and oxygen atoms in total. The molecule has 1 heterocycles. The summed E-state index contributed by atoms with van der Waals surface area (Å²) in [5.74, 6) is 10.3. The van der Waals surface area contributed by atoms with Crippen LogP contribution >= 0.6 is 0 Å². The molecule has 8 heteroatoms. The van der Waals surface area contributed by atoms with E-state index in [0.29, 0.717) is 24.3 Å². The fourth-order valence-electron chi connectivity index (χ4n) is 2.85. The molecule has 26 heavy (non-hydrogen) atoms. The van der Waals surface area contributed by atoms with E-state index in [9.17, 15) is 9.18 Å². The van der Waals surface area contributed by atoms with E-state index in [0.717, 1.165) is 11.1 Å². The van der Waals surface area contributed by atoms with Gasteiger partial charge in [0.05, 0.1) is 18.8 Å². The Balaban J connectivity index is 1.78. The second-order valence-corrected chi connectivity index (χ2v) is 6.10. The average Bonchev–Trinajstić information content (AvgIpc) is 2.94. The SMILES string of the molecule is CC1CN(c2ccc(-c3ccc(CN(N)/C=N\N)cc3)c(F)c2)C(=O)O1. The zero-order chi connectivity index (χ0) is 18.7. The lowest BCUT2D eigenvalue weighted by molar-refractivity contribution is 0.150.